The van der Waals surface area contributed by atoms with Crippen LogP contribution in [-0.2, 0) is 0 Å². The van der Waals surface area contributed by atoms with E-state index in [9.17, 15) is 4.39 Å². The van der Waals surface area contributed by atoms with Gasteiger partial charge in [0, 0.05) is 11.8 Å². The number of pyridine rings is 1. The van der Waals surface area contributed by atoms with Crippen LogP contribution in [0.2, 0.25) is 0 Å². The maximum Gasteiger partial charge on any atom is 0.126 e. The summed E-state index contributed by atoms with van der Waals surface area (Å²) in [6.45, 7) is 5.70. The Labute approximate surface area is 95.0 Å². The number of aryl methyl sites for hydroxylation is 3. The summed E-state index contributed by atoms with van der Waals surface area (Å²) in [6.07, 6.45) is 1.76. The van der Waals surface area contributed by atoms with Crippen molar-refractivity contribution >= 4 is 0 Å². The molecule has 16 heavy (non-hydrogen) atoms. The van der Waals surface area contributed by atoms with Crippen molar-refractivity contribution < 1.29 is 4.39 Å². The van der Waals surface area contributed by atoms with Crippen LogP contribution in [0.15, 0.2) is 30.5 Å². The second kappa shape index (κ2) is 4.05. The lowest BCUT2D eigenvalue weighted by molar-refractivity contribution is 0.617. The van der Waals surface area contributed by atoms with Crippen LogP contribution in [0, 0.1) is 26.6 Å². The molecule has 0 aliphatic heterocycles. The van der Waals surface area contributed by atoms with Crippen LogP contribution in [0.25, 0.3) is 11.3 Å². The lowest BCUT2D eigenvalue weighted by Gasteiger charge is -2.09. The molecule has 0 amide bonds. The predicted octanol–water partition coefficient (Wildman–Crippen LogP) is 3.81. The molecule has 2 rings (SSSR count). The average molecular weight is 215 g/mol. The van der Waals surface area contributed by atoms with Gasteiger partial charge in [0.05, 0.1) is 5.69 Å². The van der Waals surface area contributed by atoms with E-state index in [0.717, 1.165) is 22.4 Å². The molecule has 0 bridgehead atoms. The lowest BCUT2D eigenvalue weighted by Crippen LogP contribution is -1.93. The van der Waals surface area contributed by atoms with Crippen molar-refractivity contribution in [3.63, 3.8) is 0 Å². The molecule has 0 aliphatic rings. The summed E-state index contributed by atoms with van der Waals surface area (Å²) in [5, 5.41) is 0. The highest BCUT2D eigenvalue weighted by atomic mass is 19.1. The summed E-state index contributed by atoms with van der Waals surface area (Å²) >= 11 is 0. The summed E-state index contributed by atoms with van der Waals surface area (Å²) < 4.78 is 13.4. The molecule has 1 nitrogen and oxygen atoms in total. The van der Waals surface area contributed by atoms with Gasteiger partial charge in [0.1, 0.15) is 5.82 Å². The normalized spacial score (nSPS) is 10.5. The van der Waals surface area contributed by atoms with E-state index in [4.69, 9.17) is 0 Å². The van der Waals surface area contributed by atoms with Crippen molar-refractivity contribution in [2.45, 2.75) is 20.8 Å². The number of aromatic nitrogens is 1. The van der Waals surface area contributed by atoms with Crippen LogP contribution in [-0.4, -0.2) is 4.98 Å². The summed E-state index contributed by atoms with van der Waals surface area (Å²) in [4.78, 5) is 4.36. The van der Waals surface area contributed by atoms with Gasteiger partial charge in [0.2, 0.25) is 0 Å². The quantitative estimate of drug-likeness (QED) is 0.704. The molecule has 2 heteroatoms. The highest BCUT2D eigenvalue weighted by molar-refractivity contribution is 5.67. The van der Waals surface area contributed by atoms with Crippen LogP contribution < -0.4 is 0 Å². The maximum absolute atomic E-state index is 13.4. The van der Waals surface area contributed by atoms with Crippen molar-refractivity contribution in [1.29, 1.82) is 0 Å². The molecule has 0 spiro atoms. The highest BCUT2D eigenvalue weighted by Crippen LogP contribution is 2.26. The average Bonchev–Trinajstić information content (AvgIpc) is 2.25. The van der Waals surface area contributed by atoms with Gasteiger partial charge in [-0.1, -0.05) is 6.07 Å². The van der Waals surface area contributed by atoms with E-state index in [0.29, 0.717) is 5.56 Å². The Bertz CT molecular complexity index is 532. The molecule has 0 atom stereocenters. The van der Waals surface area contributed by atoms with Gasteiger partial charge in [-0.25, -0.2) is 4.39 Å². The Morgan fingerprint density at radius 3 is 2.44 bits per heavy atom. The van der Waals surface area contributed by atoms with Crippen LogP contribution in [0.4, 0.5) is 4.39 Å². The number of rotatable bonds is 1. The van der Waals surface area contributed by atoms with Crippen molar-refractivity contribution in [2.75, 3.05) is 0 Å². The molecule has 0 N–H and O–H groups in total. The molecule has 2 aromatic rings. The van der Waals surface area contributed by atoms with E-state index in [-0.39, 0.29) is 5.82 Å². The summed E-state index contributed by atoms with van der Waals surface area (Å²) in [7, 11) is 0. The first-order valence-corrected chi connectivity index (χ1v) is 5.28. The van der Waals surface area contributed by atoms with Crippen LogP contribution in [0.3, 0.4) is 0 Å². The van der Waals surface area contributed by atoms with Gasteiger partial charge < -0.3 is 0 Å². The molecule has 82 valence electrons. The van der Waals surface area contributed by atoms with Gasteiger partial charge in [-0.05, 0) is 55.7 Å². The zero-order valence-corrected chi connectivity index (χ0v) is 9.71. The number of hydrogen-bond acceptors (Lipinski definition) is 1. The Morgan fingerprint density at radius 2 is 1.75 bits per heavy atom. The molecule has 1 aromatic heterocycles. The minimum absolute atomic E-state index is 0.158. The predicted molar refractivity (Wildman–Crippen MR) is 63.8 cm³/mol. The Morgan fingerprint density at radius 1 is 1.00 bits per heavy atom. The lowest BCUT2D eigenvalue weighted by atomic mass is 9.99. The van der Waals surface area contributed by atoms with E-state index in [2.05, 4.69) is 4.98 Å². The van der Waals surface area contributed by atoms with Gasteiger partial charge in [0.25, 0.3) is 0 Å². The minimum atomic E-state index is -0.158. The standard InChI is InChI=1S/C14H14FN/c1-9-5-4-6-16-14(9)12-7-11(3)13(15)8-10(12)2/h4-8H,1-3H3. The molecule has 0 radical (unpaired) electrons. The van der Waals surface area contributed by atoms with E-state index < -0.39 is 0 Å². The van der Waals surface area contributed by atoms with E-state index in [1.54, 1.807) is 19.2 Å². The van der Waals surface area contributed by atoms with Gasteiger partial charge in [-0.15, -0.1) is 0 Å². The monoisotopic (exact) mass is 215 g/mol. The third kappa shape index (κ3) is 1.83. The summed E-state index contributed by atoms with van der Waals surface area (Å²) in [5.41, 5.74) is 4.63. The molecule has 1 aromatic carbocycles. The number of benzene rings is 1. The molecule has 0 unspecified atom stereocenters. The molecule has 0 aliphatic carbocycles. The first kappa shape index (κ1) is 10.8. The SMILES string of the molecule is Cc1cc(-c2ncccc2C)c(C)cc1F. The third-order valence-corrected chi connectivity index (χ3v) is 2.77. The van der Waals surface area contributed by atoms with Crippen molar-refractivity contribution in [3.8, 4) is 11.3 Å². The summed E-state index contributed by atoms with van der Waals surface area (Å²) in [6, 6.07) is 7.35. The highest BCUT2D eigenvalue weighted by Gasteiger charge is 2.09. The van der Waals surface area contributed by atoms with E-state index >= 15 is 0 Å². The molecular formula is C14H14FN. The van der Waals surface area contributed by atoms with Gasteiger partial charge in [0.15, 0.2) is 0 Å². The van der Waals surface area contributed by atoms with Gasteiger partial charge >= 0.3 is 0 Å². The zero-order valence-electron chi connectivity index (χ0n) is 9.71. The van der Waals surface area contributed by atoms with Gasteiger partial charge in [-0.2, -0.15) is 0 Å². The van der Waals surface area contributed by atoms with Gasteiger partial charge in [-0.3, -0.25) is 4.98 Å². The zero-order chi connectivity index (χ0) is 11.7. The molecule has 0 saturated carbocycles. The van der Waals surface area contributed by atoms with Crippen LogP contribution >= 0.6 is 0 Å². The number of nitrogens with zero attached hydrogens (tertiary/aromatic N) is 1. The van der Waals surface area contributed by atoms with E-state index in [1.165, 1.54) is 0 Å². The number of hydrogen-bond donors (Lipinski definition) is 0. The fourth-order valence-corrected chi connectivity index (χ4v) is 1.80. The second-order valence-corrected chi connectivity index (χ2v) is 4.09. The first-order valence-electron chi connectivity index (χ1n) is 5.28. The molecular weight excluding hydrogens is 201 g/mol. The largest absolute Gasteiger partial charge is 0.256 e. The third-order valence-electron chi connectivity index (χ3n) is 2.77. The van der Waals surface area contributed by atoms with Crippen LogP contribution in [0.5, 0.6) is 0 Å². The summed E-state index contributed by atoms with van der Waals surface area (Å²) in [5.74, 6) is -0.158. The number of halogens is 1. The molecule has 1 heterocycles. The van der Waals surface area contributed by atoms with Crippen LogP contribution in [0.1, 0.15) is 16.7 Å². The smallest absolute Gasteiger partial charge is 0.126 e. The minimum Gasteiger partial charge on any atom is -0.256 e. The Balaban J connectivity index is 2.65. The molecule has 0 saturated heterocycles. The Hall–Kier alpha value is -1.70. The first-order chi connectivity index (χ1) is 7.59. The Kier molecular flexibility index (Phi) is 2.73. The van der Waals surface area contributed by atoms with E-state index in [1.807, 2.05) is 32.0 Å². The second-order valence-electron chi connectivity index (χ2n) is 4.09. The topological polar surface area (TPSA) is 12.9 Å². The molecule has 0 fully saturated rings. The van der Waals surface area contributed by atoms with Crippen molar-refractivity contribution in [3.05, 3.63) is 53.0 Å². The fourth-order valence-electron chi connectivity index (χ4n) is 1.80. The van der Waals surface area contributed by atoms with Crippen molar-refractivity contribution in [2.24, 2.45) is 0 Å². The van der Waals surface area contributed by atoms with Crippen molar-refractivity contribution in [1.82, 2.24) is 4.98 Å². The maximum atomic E-state index is 13.4. The fraction of sp³-hybridized carbons (Fsp3) is 0.214.